The van der Waals surface area contributed by atoms with Gasteiger partial charge in [-0.1, -0.05) is 0 Å². The van der Waals surface area contributed by atoms with Crippen LogP contribution in [0, 0.1) is 5.92 Å². The van der Waals surface area contributed by atoms with E-state index in [9.17, 15) is 23.2 Å². The molecule has 4 amide bonds. The van der Waals surface area contributed by atoms with Crippen molar-refractivity contribution in [3.05, 3.63) is 24.3 Å². The standard InChI is InChI=1S/C12H9F2N3O4/c13-11(14)21-7-3-1-6(2-4-7)15-5-8-9(18)16-12(20)17-10(8)19/h1-5,8,11H,(H2,16,17,18,19,20). The Hall–Kier alpha value is -2.84. The van der Waals surface area contributed by atoms with Gasteiger partial charge in [-0.05, 0) is 24.3 Å². The molecule has 2 rings (SSSR count). The fourth-order valence-electron chi connectivity index (χ4n) is 1.54. The van der Waals surface area contributed by atoms with Crippen molar-refractivity contribution in [3.63, 3.8) is 0 Å². The van der Waals surface area contributed by atoms with Gasteiger partial charge < -0.3 is 4.74 Å². The van der Waals surface area contributed by atoms with Crippen LogP contribution in [-0.4, -0.2) is 30.7 Å². The number of hydrogen-bond donors (Lipinski definition) is 2. The smallest absolute Gasteiger partial charge is 0.387 e. The first-order valence-electron chi connectivity index (χ1n) is 5.70. The summed E-state index contributed by atoms with van der Waals surface area (Å²) in [6.45, 7) is -2.92. The van der Waals surface area contributed by atoms with Crippen LogP contribution < -0.4 is 15.4 Å². The second-order valence-electron chi connectivity index (χ2n) is 3.94. The summed E-state index contributed by atoms with van der Waals surface area (Å²) in [6.07, 6.45) is 1.06. The molecule has 0 unspecified atom stereocenters. The monoisotopic (exact) mass is 297 g/mol. The first-order valence-corrected chi connectivity index (χ1v) is 5.70. The molecule has 9 heteroatoms. The van der Waals surface area contributed by atoms with E-state index in [1.165, 1.54) is 24.3 Å². The molecular formula is C12H9F2N3O4. The van der Waals surface area contributed by atoms with E-state index in [2.05, 4.69) is 9.73 Å². The average Bonchev–Trinajstić information content (AvgIpc) is 2.38. The van der Waals surface area contributed by atoms with E-state index in [4.69, 9.17) is 0 Å². The first kappa shape index (κ1) is 14.6. The van der Waals surface area contributed by atoms with Gasteiger partial charge in [0.05, 0.1) is 5.69 Å². The second-order valence-corrected chi connectivity index (χ2v) is 3.94. The highest BCUT2D eigenvalue weighted by atomic mass is 19.3. The highest BCUT2D eigenvalue weighted by molar-refractivity contribution is 6.23. The molecule has 110 valence electrons. The summed E-state index contributed by atoms with van der Waals surface area (Å²) in [6, 6.07) is 4.39. The van der Waals surface area contributed by atoms with Crippen LogP contribution >= 0.6 is 0 Å². The Morgan fingerprint density at radius 2 is 1.67 bits per heavy atom. The number of benzene rings is 1. The van der Waals surface area contributed by atoms with Gasteiger partial charge in [-0.25, -0.2) is 4.79 Å². The molecule has 0 spiro atoms. The minimum atomic E-state index is -2.92. The molecule has 0 bridgehead atoms. The molecule has 0 saturated carbocycles. The minimum absolute atomic E-state index is 0.0392. The number of rotatable bonds is 4. The van der Waals surface area contributed by atoms with Crippen molar-refractivity contribution in [1.29, 1.82) is 0 Å². The third kappa shape index (κ3) is 3.81. The maximum atomic E-state index is 12.0. The molecule has 1 aromatic rings. The maximum absolute atomic E-state index is 12.0. The summed E-state index contributed by atoms with van der Waals surface area (Å²) in [4.78, 5) is 37.6. The molecule has 1 aliphatic heterocycles. The quantitative estimate of drug-likeness (QED) is 0.639. The Morgan fingerprint density at radius 3 is 2.19 bits per heavy atom. The van der Waals surface area contributed by atoms with E-state index in [0.717, 1.165) is 6.21 Å². The summed E-state index contributed by atoms with van der Waals surface area (Å²) in [5.74, 6) is -2.85. The van der Waals surface area contributed by atoms with Crippen LogP contribution in [0.25, 0.3) is 0 Å². The minimum Gasteiger partial charge on any atom is -0.435 e. The lowest BCUT2D eigenvalue weighted by atomic mass is 10.1. The number of hydrogen-bond acceptors (Lipinski definition) is 5. The van der Waals surface area contributed by atoms with Gasteiger partial charge >= 0.3 is 12.6 Å². The third-order valence-corrected chi connectivity index (χ3v) is 2.47. The lowest BCUT2D eigenvalue weighted by Crippen LogP contribution is -2.56. The number of carbonyl (C=O) groups excluding carboxylic acids is 3. The average molecular weight is 297 g/mol. The Morgan fingerprint density at radius 1 is 1.10 bits per heavy atom. The number of nitrogens with zero attached hydrogens (tertiary/aromatic N) is 1. The number of aliphatic imine (C=N–C) groups is 1. The molecule has 0 radical (unpaired) electrons. The fraction of sp³-hybridized carbons (Fsp3) is 0.167. The zero-order valence-electron chi connectivity index (χ0n) is 10.4. The molecule has 2 N–H and O–H groups in total. The largest absolute Gasteiger partial charge is 0.435 e. The van der Waals surface area contributed by atoms with Crippen molar-refractivity contribution >= 4 is 29.7 Å². The molecule has 0 aromatic heterocycles. The molecule has 21 heavy (non-hydrogen) atoms. The lowest BCUT2D eigenvalue weighted by Gasteiger charge is -2.16. The number of nitrogens with one attached hydrogen (secondary N) is 2. The first-order chi connectivity index (χ1) is 9.95. The number of halogens is 2. The number of imide groups is 2. The van der Waals surface area contributed by atoms with Gasteiger partial charge in [-0.2, -0.15) is 8.78 Å². The van der Waals surface area contributed by atoms with E-state index in [1.54, 1.807) is 0 Å². The Kier molecular flexibility index (Phi) is 4.21. The maximum Gasteiger partial charge on any atom is 0.387 e. The molecule has 1 aliphatic rings. The molecule has 7 nitrogen and oxygen atoms in total. The van der Waals surface area contributed by atoms with E-state index in [-0.39, 0.29) is 5.75 Å². The van der Waals surface area contributed by atoms with Gasteiger partial charge in [0.2, 0.25) is 11.8 Å². The van der Waals surface area contributed by atoms with Gasteiger partial charge in [0, 0.05) is 6.21 Å². The van der Waals surface area contributed by atoms with Gasteiger partial charge in [-0.15, -0.1) is 0 Å². The lowest BCUT2D eigenvalue weighted by molar-refractivity contribution is -0.132. The molecule has 1 heterocycles. The molecule has 1 aromatic carbocycles. The summed E-state index contributed by atoms with van der Waals surface area (Å²) >= 11 is 0. The second kappa shape index (κ2) is 6.07. The summed E-state index contributed by atoms with van der Waals surface area (Å²) in [7, 11) is 0. The van der Waals surface area contributed by atoms with E-state index in [1.807, 2.05) is 10.6 Å². The third-order valence-electron chi connectivity index (χ3n) is 2.47. The Labute approximate surface area is 117 Å². The number of ether oxygens (including phenoxy) is 1. The van der Waals surface area contributed by atoms with E-state index < -0.39 is 30.4 Å². The van der Waals surface area contributed by atoms with Crippen LogP contribution in [0.4, 0.5) is 19.3 Å². The highest BCUT2D eigenvalue weighted by Gasteiger charge is 2.32. The number of barbiturate groups is 1. The van der Waals surface area contributed by atoms with Crippen LogP contribution in [0.15, 0.2) is 29.3 Å². The van der Waals surface area contributed by atoms with Crippen LogP contribution in [0.1, 0.15) is 0 Å². The van der Waals surface area contributed by atoms with Crippen molar-refractivity contribution < 1.29 is 27.9 Å². The predicted molar refractivity (Wildman–Crippen MR) is 66.4 cm³/mol. The number of alkyl halides is 2. The topological polar surface area (TPSA) is 96.9 Å². The summed E-state index contributed by atoms with van der Waals surface area (Å²) in [5, 5.41) is 3.84. The van der Waals surface area contributed by atoms with Crippen LogP contribution in [0.3, 0.4) is 0 Å². The number of amides is 4. The van der Waals surface area contributed by atoms with Gasteiger partial charge in [0.25, 0.3) is 0 Å². The SMILES string of the molecule is O=C1NC(=O)C(C=Nc2ccc(OC(F)F)cc2)C(=O)N1. The zero-order valence-corrected chi connectivity index (χ0v) is 10.4. The predicted octanol–water partition coefficient (Wildman–Crippen LogP) is 0.973. The van der Waals surface area contributed by atoms with Crippen LogP contribution in [0.2, 0.25) is 0 Å². The van der Waals surface area contributed by atoms with Crippen molar-refractivity contribution in [2.75, 3.05) is 0 Å². The zero-order chi connectivity index (χ0) is 15.4. The summed E-state index contributed by atoms with van der Waals surface area (Å²) < 4.78 is 28.1. The van der Waals surface area contributed by atoms with Crippen molar-refractivity contribution in [1.82, 2.24) is 10.6 Å². The van der Waals surface area contributed by atoms with Crippen molar-refractivity contribution in [2.24, 2.45) is 10.9 Å². The number of urea groups is 1. The normalized spacial score (nSPS) is 16.2. The Bertz CT molecular complexity index is 581. The molecular weight excluding hydrogens is 288 g/mol. The van der Waals surface area contributed by atoms with E-state index >= 15 is 0 Å². The summed E-state index contributed by atoms with van der Waals surface area (Å²) in [5.41, 5.74) is 0.328. The molecule has 0 aliphatic carbocycles. The van der Waals surface area contributed by atoms with Crippen molar-refractivity contribution in [2.45, 2.75) is 6.61 Å². The molecule has 1 saturated heterocycles. The Balaban J connectivity index is 2.05. The van der Waals surface area contributed by atoms with E-state index in [0.29, 0.717) is 5.69 Å². The molecule has 0 atom stereocenters. The van der Waals surface area contributed by atoms with Gasteiger partial charge in [0.15, 0.2) is 5.92 Å². The highest BCUT2D eigenvalue weighted by Crippen LogP contribution is 2.19. The van der Waals surface area contributed by atoms with Gasteiger partial charge in [-0.3, -0.25) is 25.2 Å². The fourth-order valence-corrected chi connectivity index (χ4v) is 1.54. The number of carbonyl (C=O) groups is 3. The molecule has 1 fully saturated rings. The van der Waals surface area contributed by atoms with Crippen LogP contribution in [-0.2, 0) is 9.59 Å². The van der Waals surface area contributed by atoms with Gasteiger partial charge in [0.1, 0.15) is 5.75 Å². The van der Waals surface area contributed by atoms with Crippen molar-refractivity contribution in [3.8, 4) is 5.75 Å². The van der Waals surface area contributed by atoms with Crippen LogP contribution in [0.5, 0.6) is 5.75 Å².